The summed E-state index contributed by atoms with van der Waals surface area (Å²) in [6.45, 7) is 14.8. The Labute approximate surface area is 208 Å². The molecule has 0 N–H and O–H groups in total. The van der Waals surface area contributed by atoms with Crippen molar-refractivity contribution in [3.63, 3.8) is 0 Å². The first kappa shape index (κ1) is 30.0. The van der Waals surface area contributed by atoms with Crippen molar-refractivity contribution >= 4 is 14.3 Å². The third-order valence-corrected chi connectivity index (χ3v) is 10.4. The highest BCUT2D eigenvalue weighted by atomic mass is 28.4. The zero-order chi connectivity index (χ0) is 25.5. The molecule has 0 saturated heterocycles. The van der Waals surface area contributed by atoms with Crippen LogP contribution in [0.3, 0.4) is 0 Å². The number of allylic oxidation sites excluding steroid dienone is 2. The van der Waals surface area contributed by atoms with Gasteiger partial charge in [0.2, 0.25) is 0 Å². The molecule has 0 aliphatic carbocycles. The van der Waals surface area contributed by atoms with Gasteiger partial charge in [-0.15, -0.1) is 0 Å². The van der Waals surface area contributed by atoms with Gasteiger partial charge in [-0.05, 0) is 74.5 Å². The number of unbranched alkanes of at least 4 members (excludes halogenated alkanes) is 1. The zero-order valence-electron chi connectivity index (χ0n) is 22.2. The second-order valence-corrected chi connectivity index (χ2v) is 14.6. The Kier molecular flexibility index (Phi) is 13.9. The minimum absolute atomic E-state index is 0.0998. The molecule has 34 heavy (non-hydrogen) atoms. The molecule has 1 rings (SSSR count). The van der Waals surface area contributed by atoms with E-state index in [1.54, 1.807) is 7.11 Å². The van der Waals surface area contributed by atoms with Crippen molar-refractivity contribution in [2.75, 3.05) is 20.3 Å². The van der Waals surface area contributed by atoms with Gasteiger partial charge in [0, 0.05) is 13.0 Å². The summed E-state index contributed by atoms with van der Waals surface area (Å²) in [5, 5.41) is 0.129. The molecule has 0 spiro atoms. The molecule has 0 aliphatic rings. The average molecular weight is 489 g/mol. The SMILES string of the molecule is CCOC(=O)CC/C=C/C#C[C@H](CCCCOCc1ccc(OC)cc1)O[Si](C)(C)C(C)(C)C. The number of carbonyl (C=O) groups excluding carboxylic acids is 1. The summed E-state index contributed by atoms with van der Waals surface area (Å²) in [7, 11) is -0.257. The number of esters is 1. The number of methoxy groups -OCH3 is 1. The largest absolute Gasteiger partial charge is 0.497 e. The Morgan fingerprint density at radius 1 is 1.15 bits per heavy atom. The van der Waals surface area contributed by atoms with Crippen LogP contribution < -0.4 is 4.74 Å². The third kappa shape index (κ3) is 12.4. The van der Waals surface area contributed by atoms with Crippen LogP contribution in [0, 0.1) is 11.8 Å². The Morgan fingerprint density at radius 3 is 2.47 bits per heavy atom. The lowest BCUT2D eigenvalue weighted by atomic mass is 10.1. The quantitative estimate of drug-likeness (QED) is 0.127. The Morgan fingerprint density at radius 2 is 1.85 bits per heavy atom. The standard InChI is InChI=1S/C28H44O5Si/c1-8-32-27(29)17-12-10-9-11-15-26(33-34(6,7)28(2,3)4)16-13-14-22-31-23-24-18-20-25(30-5)21-19-24/h9-10,18-21,26H,8,12-14,16-17,22-23H2,1-7H3/b10-9+/t26-/m1/s1. The lowest BCUT2D eigenvalue weighted by Crippen LogP contribution is -2.43. The molecule has 0 bridgehead atoms. The Bertz CT molecular complexity index is 797. The highest BCUT2D eigenvalue weighted by Gasteiger charge is 2.38. The van der Waals surface area contributed by atoms with Gasteiger partial charge >= 0.3 is 5.97 Å². The van der Waals surface area contributed by atoms with Crippen molar-refractivity contribution in [3.8, 4) is 17.6 Å². The van der Waals surface area contributed by atoms with Crippen LogP contribution in [0.25, 0.3) is 0 Å². The summed E-state index contributed by atoms with van der Waals surface area (Å²) in [6, 6.07) is 7.95. The first-order chi connectivity index (χ1) is 16.1. The number of rotatable bonds is 14. The Hall–Kier alpha value is -2.07. The number of benzene rings is 1. The molecular weight excluding hydrogens is 444 g/mol. The molecule has 0 amide bonds. The van der Waals surface area contributed by atoms with Crippen LogP contribution >= 0.6 is 0 Å². The van der Waals surface area contributed by atoms with Gasteiger partial charge in [0.1, 0.15) is 11.9 Å². The smallest absolute Gasteiger partial charge is 0.306 e. The summed E-state index contributed by atoms with van der Waals surface area (Å²) < 4.78 is 22.5. The fourth-order valence-corrected chi connectivity index (χ4v) is 4.10. The highest BCUT2D eigenvalue weighted by molar-refractivity contribution is 6.74. The molecule has 1 aromatic carbocycles. The molecule has 1 atom stereocenters. The maximum absolute atomic E-state index is 11.4. The summed E-state index contributed by atoms with van der Waals surface area (Å²) in [5.74, 6) is 7.10. The summed E-state index contributed by atoms with van der Waals surface area (Å²) >= 11 is 0. The van der Waals surface area contributed by atoms with E-state index >= 15 is 0 Å². The normalized spacial score (nSPS) is 12.8. The third-order valence-electron chi connectivity index (χ3n) is 5.94. The first-order valence-corrected chi connectivity index (χ1v) is 15.2. The minimum Gasteiger partial charge on any atom is -0.497 e. The molecule has 190 valence electrons. The molecule has 5 nitrogen and oxygen atoms in total. The first-order valence-electron chi connectivity index (χ1n) is 12.3. The van der Waals surface area contributed by atoms with Crippen molar-refractivity contribution < 1.29 is 23.4 Å². The van der Waals surface area contributed by atoms with Gasteiger partial charge in [0.15, 0.2) is 8.32 Å². The molecule has 0 fully saturated rings. The molecule has 0 heterocycles. The molecule has 1 aromatic rings. The van der Waals surface area contributed by atoms with Gasteiger partial charge < -0.3 is 18.6 Å². The van der Waals surface area contributed by atoms with E-state index in [-0.39, 0.29) is 17.1 Å². The fraction of sp³-hybridized carbons (Fsp3) is 0.607. The molecule has 0 aliphatic heterocycles. The van der Waals surface area contributed by atoms with Gasteiger partial charge in [0.25, 0.3) is 0 Å². The molecule has 6 heteroatoms. The lowest BCUT2D eigenvalue weighted by molar-refractivity contribution is -0.143. The maximum Gasteiger partial charge on any atom is 0.306 e. The Balaban J connectivity index is 2.51. The average Bonchev–Trinajstić information content (AvgIpc) is 2.77. The van der Waals surface area contributed by atoms with E-state index in [9.17, 15) is 4.79 Å². The predicted molar refractivity (Wildman–Crippen MR) is 141 cm³/mol. The van der Waals surface area contributed by atoms with E-state index in [1.165, 1.54) is 0 Å². The van der Waals surface area contributed by atoms with Gasteiger partial charge in [-0.25, -0.2) is 0 Å². The molecule has 0 saturated carbocycles. The van der Waals surface area contributed by atoms with Crippen LogP contribution in [0.15, 0.2) is 36.4 Å². The maximum atomic E-state index is 11.4. The number of hydrogen-bond acceptors (Lipinski definition) is 5. The number of carbonyl (C=O) groups is 1. The zero-order valence-corrected chi connectivity index (χ0v) is 23.2. The predicted octanol–water partition coefficient (Wildman–Crippen LogP) is 6.68. The van der Waals surface area contributed by atoms with E-state index in [4.69, 9.17) is 18.6 Å². The van der Waals surface area contributed by atoms with Crippen LogP contribution in [0.2, 0.25) is 18.1 Å². The highest BCUT2D eigenvalue weighted by Crippen LogP contribution is 2.37. The summed E-state index contributed by atoms with van der Waals surface area (Å²) in [6.07, 6.45) is 7.48. The monoisotopic (exact) mass is 488 g/mol. The lowest BCUT2D eigenvalue weighted by Gasteiger charge is -2.38. The van der Waals surface area contributed by atoms with Gasteiger partial charge in [-0.2, -0.15) is 0 Å². The second kappa shape index (κ2) is 15.8. The summed E-state index contributed by atoms with van der Waals surface area (Å²) in [5.41, 5.74) is 1.14. The van der Waals surface area contributed by atoms with E-state index in [0.717, 1.165) is 30.6 Å². The minimum atomic E-state index is -1.92. The van der Waals surface area contributed by atoms with Crippen LogP contribution in [-0.4, -0.2) is 40.7 Å². The van der Waals surface area contributed by atoms with E-state index in [2.05, 4.69) is 45.7 Å². The van der Waals surface area contributed by atoms with Gasteiger partial charge in [-0.3, -0.25) is 4.79 Å². The van der Waals surface area contributed by atoms with Gasteiger partial charge in [-0.1, -0.05) is 50.8 Å². The van der Waals surface area contributed by atoms with Crippen molar-refractivity contribution in [2.45, 2.75) is 90.6 Å². The van der Waals surface area contributed by atoms with Crippen LogP contribution in [-0.2, 0) is 25.3 Å². The summed E-state index contributed by atoms with van der Waals surface area (Å²) in [4.78, 5) is 11.4. The van der Waals surface area contributed by atoms with E-state index in [0.29, 0.717) is 32.7 Å². The van der Waals surface area contributed by atoms with E-state index < -0.39 is 8.32 Å². The van der Waals surface area contributed by atoms with Crippen molar-refractivity contribution in [3.05, 3.63) is 42.0 Å². The molecule has 0 aromatic heterocycles. The molecular formula is C28H44O5Si. The molecule has 0 unspecified atom stereocenters. The fourth-order valence-electron chi connectivity index (χ4n) is 2.86. The van der Waals surface area contributed by atoms with Crippen LogP contribution in [0.1, 0.15) is 65.4 Å². The number of ether oxygens (including phenoxy) is 3. The second-order valence-electron chi connectivity index (χ2n) is 9.80. The van der Waals surface area contributed by atoms with Crippen molar-refractivity contribution in [1.29, 1.82) is 0 Å². The topological polar surface area (TPSA) is 54.0 Å². The van der Waals surface area contributed by atoms with Crippen LogP contribution in [0.4, 0.5) is 0 Å². The van der Waals surface area contributed by atoms with Crippen molar-refractivity contribution in [1.82, 2.24) is 0 Å². The molecule has 0 radical (unpaired) electrons. The number of hydrogen-bond donors (Lipinski definition) is 0. The van der Waals surface area contributed by atoms with Crippen molar-refractivity contribution in [2.24, 2.45) is 0 Å². The van der Waals surface area contributed by atoms with Gasteiger partial charge in [0.05, 0.1) is 20.3 Å². The van der Waals surface area contributed by atoms with E-state index in [1.807, 2.05) is 43.3 Å². The van der Waals surface area contributed by atoms with Crippen LogP contribution in [0.5, 0.6) is 5.75 Å².